The molecule has 1 N–H and O–H groups in total. The molecule has 0 saturated heterocycles. The van der Waals surface area contributed by atoms with Crippen LogP contribution in [0.2, 0.25) is 0 Å². The van der Waals surface area contributed by atoms with Crippen LogP contribution >= 0.6 is 0 Å². The van der Waals surface area contributed by atoms with Crippen LogP contribution in [0.15, 0.2) is 66.7 Å². The number of hydrogen-bond donors (Lipinski definition) is 1. The van der Waals surface area contributed by atoms with Crippen LogP contribution in [-0.4, -0.2) is 23.9 Å². The predicted octanol–water partition coefficient (Wildman–Crippen LogP) is 6.75. The van der Waals surface area contributed by atoms with Crippen molar-refractivity contribution < 1.29 is 35.8 Å². The first-order chi connectivity index (χ1) is 15.3. The molecule has 0 aliphatic carbocycles. The molecule has 0 spiro atoms. The molecule has 3 aromatic carbocycles. The quantitative estimate of drug-likeness (QED) is 0.402. The van der Waals surface area contributed by atoms with Crippen LogP contribution in [0.4, 0.5) is 36.4 Å². The van der Waals surface area contributed by atoms with Crippen molar-refractivity contribution in [3.63, 3.8) is 0 Å². The first-order valence-electron chi connectivity index (χ1n) is 9.87. The van der Waals surface area contributed by atoms with Crippen molar-refractivity contribution in [1.82, 2.24) is 0 Å². The fourth-order valence-corrected chi connectivity index (χ4v) is 3.36. The molecule has 0 unspecified atom stereocenters. The van der Waals surface area contributed by atoms with Gasteiger partial charge in [-0.2, -0.15) is 26.3 Å². The van der Waals surface area contributed by atoms with Gasteiger partial charge in [0, 0.05) is 17.8 Å². The minimum Gasteiger partial charge on any atom is -0.382 e. The van der Waals surface area contributed by atoms with E-state index in [-0.39, 0.29) is 5.69 Å². The Morgan fingerprint density at radius 2 is 1.48 bits per heavy atom. The molecular weight excluding hydrogens is 451 g/mol. The van der Waals surface area contributed by atoms with Crippen molar-refractivity contribution in [2.24, 2.45) is 0 Å². The van der Waals surface area contributed by atoms with Gasteiger partial charge in [0.15, 0.2) is 6.10 Å². The minimum atomic E-state index is -4.96. The van der Waals surface area contributed by atoms with Crippen LogP contribution in [0.1, 0.15) is 16.7 Å². The third kappa shape index (κ3) is 6.25. The number of aryl methyl sites for hydroxylation is 1. The van der Waals surface area contributed by atoms with E-state index in [4.69, 9.17) is 0 Å². The highest BCUT2D eigenvalue weighted by atomic mass is 19.4. The zero-order valence-electron chi connectivity index (χ0n) is 17.4. The largest absolute Gasteiger partial charge is 0.416 e. The number of aliphatic hydroxyl groups excluding tert-OH is 1. The monoisotopic (exact) mass is 471 g/mol. The van der Waals surface area contributed by atoms with Gasteiger partial charge in [0.2, 0.25) is 0 Å². The van der Waals surface area contributed by atoms with Crippen LogP contribution in [0.25, 0.3) is 11.1 Å². The van der Waals surface area contributed by atoms with Crippen LogP contribution in [0, 0.1) is 12.7 Å². The summed E-state index contributed by atoms with van der Waals surface area (Å²) in [6.45, 7) is 0.270. The van der Waals surface area contributed by atoms with Crippen LogP contribution in [0.3, 0.4) is 0 Å². The Labute approximate surface area is 185 Å². The van der Waals surface area contributed by atoms with E-state index in [0.717, 1.165) is 16.0 Å². The van der Waals surface area contributed by atoms with Gasteiger partial charge >= 0.3 is 12.4 Å². The molecule has 0 aromatic heterocycles. The molecule has 9 heteroatoms. The third-order valence-electron chi connectivity index (χ3n) is 5.07. The molecule has 33 heavy (non-hydrogen) atoms. The SMILES string of the molecule is Cc1cccc(-c2cccc(N(Cc3cc(C(F)(F)F)ccc3F)C[C@@H](O)C(F)(F)F)c2)c1. The number of aliphatic hydroxyl groups is 1. The lowest BCUT2D eigenvalue weighted by molar-refractivity contribution is -0.200. The maximum Gasteiger partial charge on any atom is 0.416 e. The molecule has 0 bridgehead atoms. The van der Waals surface area contributed by atoms with Gasteiger partial charge in [-0.15, -0.1) is 0 Å². The fraction of sp³-hybridized carbons (Fsp3) is 0.250. The van der Waals surface area contributed by atoms with E-state index in [9.17, 15) is 35.8 Å². The van der Waals surface area contributed by atoms with Crippen LogP contribution < -0.4 is 4.90 Å². The van der Waals surface area contributed by atoms with Crippen LogP contribution in [0.5, 0.6) is 0 Å². The second-order valence-corrected chi connectivity index (χ2v) is 7.66. The van der Waals surface area contributed by atoms with Gasteiger partial charge in [0.05, 0.1) is 12.1 Å². The third-order valence-corrected chi connectivity index (χ3v) is 5.07. The van der Waals surface area contributed by atoms with Crippen molar-refractivity contribution in [1.29, 1.82) is 0 Å². The van der Waals surface area contributed by atoms with Crippen molar-refractivity contribution in [2.45, 2.75) is 31.9 Å². The lowest BCUT2D eigenvalue weighted by Crippen LogP contribution is -2.41. The van der Waals surface area contributed by atoms with Crippen molar-refractivity contribution in [3.05, 3.63) is 89.2 Å². The summed E-state index contributed by atoms with van der Waals surface area (Å²) < 4.78 is 92.7. The van der Waals surface area contributed by atoms with Gasteiger partial charge in [-0.3, -0.25) is 0 Å². The minimum absolute atomic E-state index is 0.189. The average molecular weight is 471 g/mol. The zero-order chi connectivity index (χ0) is 24.4. The van der Waals surface area contributed by atoms with Gasteiger partial charge in [0.25, 0.3) is 0 Å². The summed E-state index contributed by atoms with van der Waals surface area (Å²) >= 11 is 0. The van der Waals surface area contributed by atoms with Crippen molar-refractivity contribution in [3.8, 4) is 11.1 Å². The molecule has 176 valence electrons. The van der Waals surface area contributed by atoms with Crippen molar-refractivity contribution in [2.75, 3.05) is 11.4 Å². The summed E-state index contributed by atoms with van der Waals surface area (Å²) in [7, 11) is 0. The number of anilines is 1. The maximum absolute atomic E-state index is 14.3. The maximum atomic E-state index is 14.3. The number of alkyl halides is 6. The normalized spacial score (nSPS) is 13.1. The highest BCUT2D eigenvalue weighted by Crippen LogP contribution is 2.32. The molecule has 2 nitrogen and oxygen atoms in total. The second-order valence-electron chi connectivity index (χ2n) is 7.66. The summed E-state index contributed by atoms with van der Waals surface area (Å²) in [6, 6.07) is 15.4. The van der Waals surface area contributed by atoms with Gasteiger partial charge in [0.1, 0.15) is 5.82 Å². The van der Waals surface area contributed by atoms with E-state index in [1.807, 2.05) is 19.1 Å². The van der Waals surface area contributed by atoms with Gasteiger partial charge in [-0.1, -0.05) is 42.0 Å². The number of rotatable bonds is 6. The molecule has 0 radical (unpaired) electrons. The summed E-state index contributed by atoms with van der Waals surface area (Å²) in [6.07, 6.45) is -12.5. The Kier molecular flexibility index (Phi) is 7.02. The number of nitrogens with zero attached hydrogens (tertiary/aromatic N) is 1. The highest BCUT2D eigenvalue weighted by molar-refractivity contribution is 5.69. The second kappa shape index (κ2) is 9.43. The van der Waals surface area contributed by atoms with E-state index < -0.39 is 48.5 Å². The molecular formula is C24H20F7NO. The lowest BCUT2D eigenvalue weighted by atomic mass is 10.0. The van der Waals surface area contributed by atoms with E-state index in [1.54, 1.807) is 30.3 Å². The predicted molar refractivity (Wildman–Crippen MR) is 111 cm³/mol. The number of hydrogen-bond acceptors (Lipinski definition) is 2. The Morgan fingerprint density at radius 1 is 0.848 bits per heavy atom. The molecule has 0 amide bonds. The highest BCUT2D eigenvalue weighted by Gasteiger charge is 2.39. The first-order valence-corrected chi connectivity index (χ1v) is 9.87. The topological polar surface area (TPSA) is 23.5 Å². The van der Waals surface area contributed by atoms with Gasteiger partial charge in [-0.05, 0) is 48.4 Å². The van der Waals surface area contributed by atoms with Gasteiger partial charge < -0.3 is 10.0 Å². The average Bonchev–Trinajstić information content (AvgIpc) is 2.73. The molecule has 0 aliphatic rings. The number of halogens is 7. The first kappa shape index (κ1) is 24.6. The Morgan fingerprint density at radius 3 is 2.09 bits per heavy atom. The summed E-state index contributed by atoms with van der Waals surface area (Å²) in [4.78, 5) is 1.01. The molecule has 0 heterocycles. The van der Waals surface area contributed by atoms with E-state index in [2.05, 4.69) is 0 Å². The smallest absolute Gasteiger partial charge is 0.382 e. The molecule has 0 saturated carbocycles. The summed E-state index contributed by atoms with van der Waals surface area (Å²) in [5.74, 6) is -0.996. The molecule has 3 rings (SSSR count). The molecule has 1 atom stereocenters. The fourth-order valence-electron chi connectivity index (χ4n) is 3.36. The summed E-state index contributed by atoms with van der Waals surface area (Å²) in [5.41, 5.74) is 0.997. The van der Waals surface area contributed by atoms with E-state index in [1.165, 1.54) is 6.07 Å². The van der Waals surface area contributed by atoms with Crippen molar-refractivity contribution >= 4 is 5.69 Å². The number of benzene rings is 3. The summed E-state index contributed by atoms with van der Waals surface area (Å²) in [5, 5.41) is 9.63. The molecule has 0 fully saturated rings. The Bertz CT molecular complexity index is 1110. The molecule has 0 aliphatic heterocycles. The van der Waals surface area contributed by atoms with Gasteiger partial charge in [-0.25, -0.2) is 4.39 Å². The van der Waals surface area contributed by atoms with E-state index in [0.29, 0.717) is 23.8 Å². The lowest BCUT2D eigenvalue weighted by Gasteiger charge is -2.29. The van der Waals surface area contributed by atoms with E-state index >= 15 is 0 Å². The standard InChI is InChI=1S/C24H20F7NO/c1-15-4-2-5-16(10-15)17-6-3-7-20(12-17)32(14-22(33)24(29,30)31)13-18-11-19(23(26,27)28)8-9-21(18)25/h2-12,22,33H,13-14H2,1H3/t22-/m1/s1. The molecule has 3 aromatic rings. The van der Waals surface area contributed by atoms with Crippen LogP contribution in [-0.2, 0) is 12.7 Å². The Hall–Kier alpha value is -3.07. The zero-order valence-corrected chi connectivity index (χ0v) is 17.4. The Balaban J connectivity index is 2.02.